The normalized spacial score (nSPS) is 28.0. The Morgan fingerprint density at radius 3 is 1.30 bits per heavy atom. The Labute approximate surface area is 251 Å². The molecule has 0 amide bonds. The van der Waals surface area contributed by atoms with Gasteiger partial charge < -0.3 is 52.4 Å². The van der Waals surface area contributed by atoms with Crippen LogP contribution in [0.2, 0.25) is 0 Å². The summed E-state index contributed by atoms with van der Waals surface area (Å²) in [5.41, 5.74) is -2.72. The first-order chi connectivity index (χ1) is 19.0. The molecule has 2 aliphatic heterocycles. The zero-order valence-corrected chi connectivity index (χ0v) is 23.9. The van der Waals surface area contributed by atoms with Crippen LogP contribution < -0.4 is 22.5 Å². The number of H-pyrrole nitrogens is 4. The molecule has 2 saturated heterocycles. The number of aliphatic hydroxyl groups excluding tert-OH is 6. The SMILES string of the molecule is O=c1[nH]c(=O)c2ncn(C3OC(CO)C(O)C3O)c2[nH]1.O=c1[nH]c(=O)c2ncn(C3OC(CO)C(O)C3O)c2[nH]1.[NH2-].[NH2-].[Pt+2]. The predicted octanol–water partition coefficient (Wildman–Crippen LogP) is -4.52. The third-order valence-corrected chi connectivity index (χ3v) is 6.52. The molecule has 43 heavy (non-hydrogen) atoms. The van der Waals surface area contributed by atoms with E-state index in [1.807, 2.05) is 9.97 Å². The summed E-state index contributed by atoms with van der Waals surface area (Å²) in [7, 11) is 0. The van der Waals surface area contributed by atoms with Gasteiger partial charge in [-0.15, -0.1) is 0 Å². The van der Waals surface area contributed by atoms with Gasteiger partial charge in [0.15, 0.2) is 23.5 Å². The zero-order valence-electron chi connectivity index (χ0n) is 21.6. The van der Waals surface area contributed by atoms with Crippen molar-refractivity contribution in [2.75, 3.05) is 13.2 Å². The number of nitrogens with two attached hydrogens (primary N) is 2. The number of nitrogens with zero attached hydrogens (tertiary/aromatic N) is 4. The van der Waals surface area contributed by atoms with Crippen molar-refractivity contribution in [2.45, 2.75) is 49.1 Å². The van der Waals surface area contributed by atoms with Crippen LogP contribution >= 0.6 is 0 Å². The number of nitrogens with one attached hydrogen (secondary N) is 4. The molecular weight excluding hydrogens is 767 g/mol. The van der Waals surface area contributed by atoms with Gasteiger partial charge in [-0.3, -0.25) is 38.7 Å². The molecule has 4 aromatic rings. The van der Waals surface area contributed by atoms with E-state index in [0.717, 1.165) is 0 Å². The molecule has 8 unspecified atom stereocenters. The van der Waals surface area contributed by atoms with Gasteiger partial charge in [-0.25, -0.2) is 19.6 Å². The molecule has 6 rings (SSSR count). The maximum atomic E-state index is 11.6. The molecule has 6 heterocycles. The monoisotopic (exact) mass is 795 g/mol. The van der Waals surface area contributed by atoms with Crippen LogP contribution in [0.3, 0.4) is 0 Å². The minimum atomic E-state index is -1.33. The number of hydrogen-bond acceptors (Lipinski definition) is 14. The number of aliphatic hydroxyl groups is 6. The van der Waals surface area contributed by atoms with E-state index in [4.69, 9.17) is 19.7 Å². The molecule has 8 atom stereocenters. The van der Waals surface area contributed by atoms with Gasteiger partial charge in [-0.05, 0) is 0 Å². The largest absolute Gasteiger partial charge is 2.00 e. The van der Waals surface area contributed by atoms with Crippen molar-refractivity contribution in [2.24, 2.45) is 0 Å². The summed E-state index contributed by atoms with van der Waals surface area (Å²) in [6.45, 7) is -0.948. The summed E-state index contributed by atoms with van der Waals surface area (Å²) in [6, 6.07) is 0. The number of hydrogen-bond donors (Lipinski definition) is 10. The van der Waals surface area contributed by atoms with Crippen LogP contribution in [0.5, 0.6) is 0 Å². The second-order valence-corrected chi connectivity index (χ2v) is 8.97. The van der Waals surface area contributed by atoms with Gasteiger partial charge in [0.1, 0.15) is 47.9 Å². The van der Waals surface area contributed by atoms with Crippen LogP contribution in [0.1, 0.15) is 12.5 Å². The molecule has 22 nitrogen and oxygen atoms in total. The third kappa shape index (κ3) is 6.30. The van der Waals surface area contributed by atoms with E-state index in [9.17, 15) is 39.6 Å². The molecule has 0 bridgehead atoms. The Morgan fingerprint density at radius 2 is 1.00 bits per heavy atom. The summed E-state index contributed by atoms with van der Waals surface area (Å²) >= 11 is 0. The predicted molar refractivity (Wildman–Crippen MR) is 139 cm³/mol. The first kappa shape index (κ1) is 35.8. The van der Waals surface area contributed by atoms with E-state index in [1.54, 1.807) is 0 Å². The van der Waals surface area contributed by atoms with Gasteiger partial charge in [-0.1, -0.05) is 0 Å². The molecule has 4 aromatic heterocycles. The van der Waals surface area contributed by atoms with Gasteiger partial charge in [0, 0.05) is 0 Å². The van der Waals surface area contributed by atoms with Gasteiger partial charge in [0.2, 0.25) is 0 Å². The number of aromatic amines is 4. The number of aromatic nitrogens is 8. The maximum Gasteiger partial charge on any atom is 2.00 e. The fourth-order valence-corrected chi connectivity index (χ4v) is 4.51. The molecule has 0 spiro atoms. The minimum absolute atomic E-state index is 0. The minimum Gasteiger partial charge on any atom is -0.693 e. The fraction of sp³-hybridized carbons (Fsp3) is 0.500. The molecule has 14 N–H and O–H groups in total. The van der Waals surface area contributed by atoms with Crippen LogP contribution in [0.15, 0.2) is 31.8 Å². The zero-order chi connectivity index (χ0) is 28.9. The molecule has 0 aliphatic carbocycles. The molecule has 23 heteroatoms. The van der Waals surface area contributed by atoms with Gasteiger partial charge >= 0.3 is 32.4 Å². The van der Waals surface area contributed by atoms with Crippen molar-refractivity contribution >= 4 is 22.3 Å². The molecule has 2 fully saturated rings. The number of imidazole rings is 2. The molecule has 0 radical (unpaired) electrons. The van der Waals surface area contributed by atoms with Crippen molar-refractivity contribution in [1.82, 2.24) is 39.0 Å². The summed E-state index contributed by atoms with van der Waals surface area (Å²) < 4.78 is 13.1. The van der Waals surface area contributed by atoms with Gasteiger partial charge in [0.05, 0.1) is 25.9 Å². The van der Waals surface area contributed by atoms with Crippen LogP contribution in [0, 0.1) is 0 Å². The summed E-state index contributed by atoms with van der Waals surface area (Å²) in [4.78, 5) is 62.1. The second kappa shape index (κ2) is 13.9. The van der Waals surface area contributed by atoms with E-state index in [-0.39, 0.29) is 55.7 Å². The summed E-state index contributed by atoms with van der Waals surface area (Å²) in [6.07, 6.45) is -6.85. The molecular formula is C20H28N10O12Pt. The van der Waals surface area contributed by atoms with E-state index in [2.05, 4.69) is 19.9 Å². The number of fused-ring (bicyclic) bond motifs is 2. The van der Waals surface area contributed by atoms with E-state index in [1.165, 1.54) is 21.8 Å². The summed E-state index contributed by atoms with van der Waals surface area (Å²) in [5, 5.41) is 57.3. The van der Waals surface area contributed by atoms with E-state index < -0.39 is 84.8 Å². The van der Waals surface area contributed by atoms with Crippen molar-refractivity contribution in [3.05, 3.63) is 66.6 Å². The van der Waals surface area contributed by atoms with E-state index >= 15 is 0 Å². The first-order valence-electron chi connectivity index (χ1n) is 11.7. The Bertz CT molecular complexity index is 1640. The van der Waals surface area contributed by atoms with Gasteiger partial charge in [-0.2, -0.15) is 0 Å². The average molecular weight is 796 g/mol. The first-order valence-corrected chi connectivity index (χ1v) is 11.7. The number of ether oxygens (including phenoxy) is 2. The molecule has 0 saturated carbocycles. The topological polar surface area (TPSA) is 374 Å². The van der Waals surface area contributed by atoms with E-state index in [0.29, 0.717) is 0 Å². The Kier molecular flexibility index (Phi) is 11.6. The Hall–Kier alpha value is -3.41. The van der Waals surface area contributed by atoms with Crippen molar-refractivity contribution < 1.29 is 61.2 Å². The quantitative estimate of drug-likeness (QED) is 0.0931. The van der Waals surface area contributed by atoms with Crippen molar-refractivity contribution in [1.29, 1.82) is 0 Å². The van der Waals surface area contributed by atoms with Crippen molar-refractivity contribution in [3.8, 4) is 0 Å². The maximum absolute atomic E-state index is 11.6. The van der Waals surface area contributed by atoms with Crippen LogP contribution in [-0.2, 0) is 30.5 Å². The molecule has 2 aliphatic rings. The second-order valence-electron chi connectivity index (χ2n) is 8.97. The summed E-state index contributed by atoms with van der Waals surface area (Å²) in [5.74, 6) is 0. The number of rotatable bonds is 4. The average Bonchev–Trinajstić information content (AvgIpc) is 3.66. The van der Waals surface area contributed by atoms with Gasteiger partial charge in [0.25, 0.3) is 11.1 Å². The Morgan fingerprint density at radius 1 is 0.651 bits per heavy atom. The molecule has 240 valence electrons. The third-order valence-electron chi connectivity index (χ3n) is 6.52. The smallest absolute Gasteiger partial charge is 0.693 e. The fourth-order valence-electron chi connectivity index (χ4n) is 4.51. The van der Waals surface area contributed by atoms with Crippen LogP contribution in [0.25, 0.3) is 34.6 Å². The molecule has 0 aromatic carbocycles. The van der Waals surface area contributed by atoms with Crippen LogP contribution in [-0.4, -0.2) is 120 Å². The van der Waals surface area contributed by atoms with Crippen molar-refractivity contribution in [3.63, 3.8) is 0 Å². The standard InChI is InChI=1S/2C10H12N4O6.2H2N.Pt/c2*15-1-3-5(16)6(17)9(20-3)14-2-11-4-7(14)12-10(19)13-8(4)18;;;/h2*2-3,5-6,9,15-17H,1H2,(H2,12,13,18,19);2*1H2;/q;;2*-1;+2. The Balaban J connectivity index is 0.000000281. The van der Waals surface area contributed by atoms with Crippen LogP contribution in [0.4, 0.5) is 0 Å².